The lowest BCUT2D eigenvalue weighted by molar-refractivity contribution is -0.132. The average molecular weight is 310 g/mol. The smallest absolute Gasteiger partial charge is 0.322 e. The van der Waals surface area contributed by atoms with Crippen molar-refractivity contribution in [3.8, 4) is 0 Å². The van der Waals surface area contributed by atoms with E-state index in [0.717, 1.165) is 12.0 Å². The van der Waals surface area contributed by atoms with E-state index in [1.165, 1.54) is 4.90 Å². The first-order valence-electron chi connectivity index (χ1n) is 6.95. The molecule has 1 atom stereocenters. The summed E-state index contributed by atoms with van der Waals surface area (Å²) in [6.45, 7) is 2.47. The van der Waals surface area contributed by atoms with E-state index in [0.29, 0.717) is 23.7 Å². The largest absolute Gasteiger partial charge is 0.347 e. The normalized spacial score (nSPS) is 17.7. The number of hydrogen-bond donors (Lipinski definition) is 1. The molecule has 2 rings (SSSR count). The van der Waals surface area contributed by atoms with E-state index in [1.807, 2.05) is 19.1 Å². The molecular weight excluding hydrogens is 290 g/mol. The second kappa shape index (κ2) is 6.35. The number of carbonyl (C=O) groups excluding carboxylic acids is 2. The molecule has 1 heterocycles. The van der Waals surface area contributed by atoms with Gasteiger partial charge in [-0.1, -0.05) is 23.7 Å². The third kappa shape index (κ3) is 3.29. The summed E-state index contributed by atoms with van der Waals surface area (Å²) in [5, 5.41) is 3.33. The van der Waals surface area contributed by atoms with Crippen LogP contribution in [0.15, 0.2) is 18.2 Å². The summed E-state index contributed by atoms with van der Waals surface area (Å²) < 4.78 is 0. The van der Waals surface area contributed by atoms with Crippen LogP contribution < -0.4 is 5.32 Å². The van der Waals surface area contributed by atoms with Crippen molar-refractivity contribution < 1.29 is 9.59 Å². The topological polar surface area (TPSA) is 52.7 Å². The molecule has 1 fully saturated rings. The van der Waals surface area contributed by atoms with Crippen LogP contribution in [0.2, 0.25) is 5.02 Å². The molecule has 0 aromatic heterocycles. The van der Waals surface area contributed by atoms with Crippen molar-refractivity contribution in [1.82, 2.24) is 9.80 Å². The van der Waals surface area contributed by atoms with Gasteiger partial charge in [0.25, 0.3) is 0 Å². The molecule has 1 aromatic carbocycles. The molecule has 0 saturated carbocycles. The number of nitrogens with zero attached hydrogens (tertiary/aromatic N) is 2. The monoisotopic (exact) mass is 309 g/mol. The number of benzene rings is 1. The highest BCUT2D eigenvalue weighted by Crippen LogP contribution is 2.27. The SMILES string of the molecule is Cc1cccc(Cl)c1NC(=O)N1CCC[C@@H]1C(=O)N(C)C. The Morgan fingerprint density at radius 1 is 1.38 bits per heavy atom. The first-order valence-corrected chi connectivity index (χ1v) is 7.33. The van der Waals surface area contributed by atoms with Crippen LogP contribution in [0.4, 0.5) is 10.5 Å². The third-order valence-corrected chi connectivity index (χ3v) is 4.01. The minimum absolute atomic E-state index is 0.0430. The molecule has 0 unspecified atom stereocenters. The Kier molecular flexibility index (Phi) is 4.73. The average Bonchev–Trinajstić information content (AvgIpc) is 2.91. The third-order valence-electron chi connectivity index (χ3n) is 3.69. The van der Waals surface area contributed by atoms with E-state index >= 15 is 0 Å². The summed E-state index contributed by atoms with van der Waals surface area (Å²) in [5.74, 6) is -0.0430. The summed E-state index contributed by atoms with van der Waals surface area (Å²) in [7, 11) is 3.41. The number of anilines is 1. The number of hydrogen-bond acceptors (Lipinski definition) is 2. The van der Waals surface area contributed by atoms with Gasteiger partial charge in [0.05, 0.1) is 10.7 Å². The van der Waals surface area contributed by atoms with E-state index < -0.39 is 0 Å². The van der Waals surface area contributed by atoms with Crippen molar-refractivity contribution >= 4 is 29.2 Å². The van der Waals surface area contributed by atoms with Crippen molar-refractivity contribution in [3.05, 3.63) is 28.8 Å². The van der Waals surface area contributed by atoms with Gasteiger partial charge in [0, 0.05) is 20.6 Å². The van der Waals surface area contributed by atoms with Gasteiger partial charge in [0.1, 0.15) is 6.04 Å². The summed E-state index contributed by atoms with van der Waals surface area (Å²) in [5.41, 5.74) is 1.50. The van der Waals surface area contributed by atoms with Crippen LogP contribution in [0.5, 0.6) is 0 Å². The van der Waals surface area contributed by atoms with E-state index in [1.54, 1.807) is 25.1 Å². The van der Waals surface area contributed by atoms with Crippen LogP contribution in [0, 0.1) is 6.92 Å². The van der Waals surface area contributed by atoms with Crippen LogP contribution in [-0.2, 0) is 4.79 Å². The van der Waals surface area contributed by atoms with Crippen LogP contribution >= 0.6 is 11.6 Å². The maximum Gasteiger partial charge on any atom is 0.322 e. The van der Waals surface area contributed by atoms with Crippen LogP contribution in [0.25, 0.3) is 0 Å². The van der Waals surface area contributed by atoms with Crippen LogP contribution in [0.1, 0.15) is 18.4 Å². The molecule has 1 aliphatic rings. The van der Waals surface area contributed by atoms with Gasteiger partial charge in [-0.15, -0.1) is 0 Å². The molecule has 0 aliphatic carbocycles. The number of nitrogens with one attached hydrogen (secondary N) is 1. The molecule has 6 heteroatoms. The van der Waals surface area contributed by atoms with E-state index in [2.05, 4.69) is 5.32 Å². The van der Waals surface area contributed by atoms with Gasteiger partial charge in [-0.05, 0) is 31.4 Å². The predicted molar refractivity (Wildman–Crippen MR) is 83.6 cm³/mol. The number of aryl methyl sites for hydroxylation is 1. The Morgan fingerprint density at radius 2 is 2.10 bits per heavy atom. The molecular formula is C15H20ClN3O2. The highest BCUT2D eigenvalue weighted by Gasteiger charge is 2.35. The number of para-hydroxylation sites is 1. The van der Waals surface area contributed by atoms with E-state index in [-0.39, 0.29) is 18.0 Å². The van der Waals surface area contributed by atoms with Crippen molar-refractivity contribution in [1.29, 1.82) is 0 Å². The molecule has 1 N–H and O–H groups in total. The fourth-order valence-corrected chi connectivity index (χ4v) is 2.80. The van der Waals surface area contributed by atoms with E-state index in [4.69, 9.17) is 11.6 Å². The lowest BCUT2D eigenvalue weighted by Gasteiger charge is -2.26. The van der Waals surface area contributed by atoms with Gasteiger partial charge >= 0.3 is 6.03 Å². The van der Waals surface area contributed by atoms with Gasteiger partial charge in [-0.3, -0.25) is 4.79 Å². The Labute approximate surface area is 129 Å². The number of likely N-dealkylation sites (tertiary alicyclic amines) is 1. The molecule has 114 valence electrons. The molecule has 0 spiro atoms. The Bertz CT molecular complexity index is 540. The number of amides is 3. The van der Waals surface area contributed by atoms with E-state index in [9.17, 15) is 9.59 Å². The minimum atomic E-state index is -0.386. The Morgan fingerprint density at radius 3 is 2.71 bits per heavy atom. The van der Waals surface area contributed by atoms with Gasteiger partial charge in [0.15, 0.2) is 0 Å². The molecule has 21 heavy (non-hydrogen) atoms. The van der Waals surface area contributed by atoms with Crippen LogP contribution in [0.3, 0.4) is 0 Å². The zero-order valence-corrected chi connectivity index (χ0v) is 13.3. The lowest BCUT2D eigenvalue weighted by atomic mass is 10.2. The lowest BCUT2D eigenvalue weighted by Crippen LogP contribution is -2.47. The molecule has 0 bridgehead atoms. The standard InChI is InChI=1S/C15H20ClN3O2/c1-10-6-4-7-11(16)13(10)17-15(21)19-9-5-8-12(19)14(20)18(2)3/h4,6-7,12H,5,8-9H2,1-3H3,(H,17,21)/t12-/m1/s1. The van der Waals surface area contributed by atoms with Crippen LogP contribution in [-0.4, -0.2) is 48.4 Å². The molecule has 1 aromatic rings. The highest BCUT2D eigenvalue weighted by molar-refractivity contribution is 6.33. The maximum atomic E-state index is 12.4. The summed E-state index contributed by atoms with van der Waals surface area (Å²) in [6.07, 6.45) is 1.53. The maximum absolute atomic E-state index is 12.4. The zero-order valence-electron chi connectivity index (χ0n) is 12.5. The quantitative estimate of drug-likeness (QED) is 0.913. The number of urea groups is 1. The Balaban J connectivity index is 2.14. The number of rotatable bonds is 2. The van der Waals surface area contributed by atoms with Crippen molar-refractivity contribution in [2.75, 3.05) is 26.0 Å². The summed E-state index contributed by atoms with van der Waals surface area (Å²) >= 11 is 6.12. The first-order chi connectivity index (χ1) is 9.91. The molecule has 3 amide bonds. The minimum Gasteiger partial charge on any atom is -0.347 e. The van der Waals surface area contributed by atoms with Crippen molar-refractivity contribution in [2.45, 2.75) is 25.8 Å². The second-order valence-electron chi connectivity index (χ2n) is 5.45. The molecule has 5 nitrogen and oxygen atoms in total. The second-order valence-corrected chi connectivity index (χ2v) is 5.85. The number of halogens is 1. The molecule has 0 radical (unpaired) electrons. The van der Waals surface area contributed by atoms with Crippen molar-refractivity contribution in [3.63, 3.8) is 0 Å². The number of carbonyl (C=O) groups is 2. The molecule has 1 aliphatic heterocycles. The fraction of sp³-hybridized carbons (Fsp3) is 0.467. The predicted octanol–water partition coefficient (Wildman–Crippen LogP) is 2.73. The zero-order chi connectivity index (χ0) is 15.6. The van der Waals surface area contributed by atoms with Gasteiger partial charge in [0.2, 0.25) is 5.91 Å². The first kappa shape index (κ1) is 15.6. The Hall–Kier alpha value is -1.75. The fourth-order valence-electron chi connectivity index (χ4n) is 2.53. The number of likely N-dealkylation sites (N-methyl/N-ethyl adjacent to an activating group) is 1. The van der Waals surface area contributed by atoms with Gasteiger partial charge in [-0.2, -0.15) is 0 Å². The van der Waals surface area contributed by atoms with Gasteiger partial charge in [-0.25, -0.2) is 4.79 Å². The van der Waals surface area contributed by atoms with Crippen molar-refractivity contribution in [2.24, 2.45) is 0 Å². The molecule has 1 saturated heterocycles. The van der Waals surface area contributed by atoms with Gasteiger partial charge < -0.3 is 15.1 Å². The summed E-state index contributed by atoms with van der Waals surface area (Å²) in [4.78, 5) is 27.7. The highest BCUT2D eigenvalue weighted by atomic mass is 35.5. The summed E-state index contributed by atoms with van der Waals surface area (Å²) in [6, 6.07) is 4.79.